The van der Waals surface area contributed by atoms with E-state index in [1.165, 1.54) is 6.07 Å². The summed E-state index contributed by atoms with van der Waals surface area (Å²) < 4.78 is 6.36. The minimum Gasteiger partial charge on any atom is -0.482 e. The molecule has 1 saturated heterocycles. The molecule has 0 aromatic heterocycles. The van der Waals surface area contributed by atoms with Crippen molar-refractivity contribution in [1.29, 1.82) is 0 Å². The van der Waals surface area contributed by atoms with E-state index >= 15 is 0 Å². The van der Waals surface area contributed by atoms with Crippen LogP contribution in [0.2, 0.25) is 0 Å². The van der Waals surface area contributed by atoms with Crippen LogP contribution >= 0.6 is 15.9 Å². The maximum atomic E-state index is 10.9. The first kappa shape index (κ1) is 12.3. The van der Waals surface area contributed by atoms with E-state index in [1.807, 2.05) is 0 Å². The van der Waals surface area contributed by atoms with Gasteiger partial charge in [-0.1, -0.05) is 15.9 Å². The average molecular weight is 301 g/mol. The topological polar surface area (TPSA) is 64.4 Å². The second-order valence-electron chi connectivity index (χ2n) is 3.96. The van der Waals surface area contributed by atoms with Crippen LogP contribution in [0.4, 0.5) is 5.69 Å². The lowest BCUT2D eigenvalue weighted by Crippen LogP contribution is -2.37. The van der Waals surface area contributed by atoms with Crippen molar-refractivity contribution in [3.63, 3.8) is 0 Å². The van der Waals surface area contributed by atoms with Crippen LogP contribution in [-0.4, -0.2) is 24.1 Å². The molecule has 0 saturated carbocycles. The molecule has 0 spiro atoms. The van der Waals surface area contributed by atoms with Crippen LogP contribution in [0.15, 0.2) is 22.7 Å². The van der Waals surface area contributed by atoms with Gasteiger partial charge < -0.3 is 10.1 Å². The van der Waals surface area contributed by atoms with E-state index in [4.69, 9.17) is 4.74 Å². The van der Waals surface area contributed by atoms with Crippen molar-refractivity contribution >= 4 is 21.6 Å². The van der Waals surface area contributed by atoms with Gasteiger partial charge >= 0.3 is 5.69 Å². The number of piperidine rings is 1. The standard InChI is InChI=1S/C11H13BrN2O3/c12-8-3-4-11(10(6-8)14(15)16)17-9-2-1-5-13-7-9/h3-4,6,9,13H,1-2,5,7H2/t9-/m0/s1. The third-order valence-corrected chi connectivity index (χ3v) is 3.16. The van der Waals surface area contributed by atoms with Gasteiger partial charge in [0.05, 0.1) is 4.92 Å². The molecule has 92 valence electrons. The van der Waals surface area contributed by atoms with Crippen molar-refractivity contribution in [1.82, 2.24) is 5.32 Å². The summed E-state index contributed by atoms with van der Waals surface area (Å²) in [6.45, 7) is 1.73. The van der Waals surface area contributed by atoms with E-state index in [2.05, 4.69) is 21.2 Å². The minimum absolute atomic E-state index is 0.00458. The molecule has 6 heteroatoms. The zero-order valence-corrected chi connectivity index (χ0v) is 10.8. The largest absolute Gasteiger partial charge is 0.482 e. The summed E-state index contributed by atoms with van der Waals surface area (Å²) >= 11 is 3.22. The van der Waals surface area contributed by atoms with Gasteiger partial charge in [-0.3, -0.25) is 10.1 Å². The van der Waals surface area contributed by atoms with Gasteiger partial charge in [-0.25, -0.2) is 0 Å². The van der Waals surface area contributed by atoms with Gasteiger partial charge in [0, 0.05) is 17.1 Å². The molecule has 1 aromatic carbocycles. The Hall–Kier alpha value is -1.14. The maximum Gasteiger partial charge on any atom is 0.312 e. The molecule has 1 atom stereocenters. The lowest BCUT2D eigenvalue weighted by molar-refractivity contribution is -0.386. The molecule has 1 heterocycles. The highest BCUT2D eigenvalue weighted by molar-refractivity contribution is 9.10. The number of rotatable bonds is 3. The van der Waals surface area contributed by atoms with Crippen LogP contribution in [0.1, 0.15) is 12.8 Å². The van der Waals surface area contributed by atoms with Crippen molar-refractivity contribution in [2.24, 2.45) is 0 Å². The van der Waals surface area contributed by atoms with E-state index in [0.29, 0.717) is 10.2 Å². The van der Waals surface area contributed by atoms with Crippen LogP contribution in [0, 0.1) is 10.1 Å². The van der Waals surface area contributed by atoms with E-state index < -0.39 is 4.92 Å². The molecule has 17 heavy (non-hydrogen) atoms. The molecular formula is C11H13BrN2O3. The Kier molecular flexibility index (Phi) is 3.96. The Labute approximate surface area is 107 Å². The number of benzene rings is 1. The quantitative estimate of drug-likeness (QED) is 0.688. The molecule has 1 aliphatic rings. The van der Waals surface area contributed by atoms with Crippen molar-refractivity contribution in [3.05, 3.63) is 32.8 Å². The summed E-state index contributed by atoms with van der Waals surface area (Å²) in [6.07, 6.45) is 1.98. The smallest absolute Gasteiger partial charge is 0.312 e. The highest BCUT2D eigenvalue weighted by Gasteiger charge is 2.20. The predicted molar refractivity (Wildman–Crippen MR) is 67.3 cm³/mol. The molecule has 1 fully saturated rings. The van der Waals surface area contributed by atoms with Crippen molar-refractivity contribution in [2.45, 2.75) is 18.9 Å². The van der Waals surface area contributed by atoms with Crippen LogP contribution < -0.4 is 10.1 Å². The lowest BCUT2D eigenvalue weighted by Gasteiger charge is -2.23. The SMILES string of the molecule is O=[N+]([O-])c1cc(Br)ccc1O[C@H]1CCCNC1. The summed E-state index contributed by atoms with van der Waals surface area (Å²) in [6, 6.07) is 4.85. The van der Waals surface area contributed by atoms with Crippen molar-refractivity contribution in [3.8, 4) is 5.75 Å². The minimum atomic E-state index is -0.420. The Bertz CT molecular complexity index is 419. The first-order valence-electron chi connectivity index (χ1n) is 5.48. The second kappa shape index (κ2) is 5.46. The van der Waals surface area contributed by atoms with Gasteiger partial charge in [-0.05, 0) is 31.5 Å². The molecule has 1 aliphatic heterocycles. The summed E-state index contributed by atoms with van der Waals surface area (Å²) in [5, 5.41) is 14.1. The third kappa shape index (κ3) is 3.17. The van der Waals surface area contributed by atoms with Gasteiger partial charge in [-0.15, -0.1) is 0 Å². The Balaban J connectivity index is 2.16. The number of halogens is 1. The Morgan fingerprint density at radius 1 is 1.53 bits per heavy atom. The molecule has 0 amide bonds. The lowest BCUT2D eigenvalue weighted by atomic mass is 10.1. The zero-order chi connectivity index (χ0) is 12.3. The number of nitro groups is 1. The fraction of sp³-hybridized carbons (Fsp3) is 0.455. The zero-order valence-electron chi connectivity index (χ0n) is 9.19. The van der Waals surface area contributed by atoms with Crippen LogP contribution in [0.5, 0.6) is 5.75 Å². The van der Waals surface area contributed by atoms with E-state index in [-0.39, 0.29) is 11.8 Å². The number of hydrogen-bond acceptors (Lipinski definition) is 4. The number of nitro benzene ring substituents is 1. The van der Waals surface area contributed by atoms with E-state index in [9.17, 15) is 10.1 Å². The Morgan fingerprint density at radius 2 is 2.35 bits per heavy atom. The van der Waals surface area contributed by atoms with Gasteiger partial charge in [0.25, 0.3) is 0 Å². The molecule has 0 radical (unpaired) electrons. The molecule has 2 rings (SSSR count). The third-order valence-electron chi connectivity index (χ3n) is 2.66. The van der Waals surface area contributed by atoms with Gasteiger partial charge in [0.15, 0.2) is 5.75 Å². The summed E-state index contributed by atoms with van der Waals surface area (Å²) in [4.78, 5) is 10.5. The predicted octanol–water partition coefficient (Wildman–Crippen LogP) is 2.49. The second-order valence-corrected chi connectivity index (χ2v) is 4.87. The van der Waals surface area contributed by atoms with Gasteiger partial charge in [0.2, 0.25) is 0 Å². The number of nitrogens with zero attached hydrogens (tertiary/aromatic N) is 1. The molecule has 1 N–H and O–H groups in total. The van der Waals surface area contributed by atoms with E-state index in [1.54, 1.807) is 12.1 Å². The fourth-order valence-electron chi connectivity index (χ4n) is 1.83. The Morgan fingerprint density at radius 3 is 3.00 bits per heavy atom. The highest BCUT2D eigenvalue weighted by Crippen LogP contribution is 2.31. The molecule has 5 nitrogen and oxygen atoms in total. The average Bonchev–Trinajstić information content (AvgIpc) is 2.32. The van der Waals surface area contributed by atoms with E-state index in [0.717, 1.165) is 25.9 Å². The first-order chi connectivity index (χ1) is 8.16. The highest BCUT2D eigenvalue weighted by atomic mass is 79.9. The van der Waals surface area contributed by atoms with Crippen molar-refractivity contribution < 1.29 is 9.66 Å². The molecule has 1 aromatic rings. The van der Waals surface area contributed by atoms with Gasteiger partial charge in [-0.2, -0.15) is 0 Å². The summed E-state index contributed by atoms with van der Waals surface area (Å²) in [5.74, 6) is 0.340. The van der Waals surface area contributed by atoms with Gasteiger partial charge in [0.1, 0.15) is 6.10 Å². The molecule has 0 unspecified atom stereocenters. The molecular weight excluding hydrogens is 288 g/mol. The maximum absolute atomic E-state index is 10.9. The summed E-state index contributed by atoms with van der Waals surface area (Å²) in [7, 11) is 0. The van der Waals surface area contributed by atoms with Crippen molar-refractivity contribution in [2.75, 3.05) is 13.1 Å². The molecule has 0 aliphatic carbocycles. The van der Waals surface area contributed by atoms with Crippen LogP contribution in [0.25, 0.3) is 0 Å². The summed E-state index contributed by atoms with van der Waals surface area (Å²) in [5.41, 5.74) is 0.00458. The number of hydrogen-bond donors (Lipinski definition) is 1. The first-order valence-corrected chi connectivity index (χ1v) is 6.27. The number of ether oxygens (including phenoxy) is 1. The van der Waals surface area contributed by atoms with Crippen LogP contribution in [-0.2, 0) is 0 Å². The molecule has 0 bridgehead atoms. The van der Waals surface area contributed by atoms with Crippen LogP contribution in [0.3, 0.4) is 0 Å². The monoisotopic (exact) mass is 300 g/mol. The normalized spacial score (nSPS) is 19.9. The number of nitrogens with one attached hydrogen (secondary N) is 1. The fourth-order valence-corrected chi connectivity index (χ4v) is 2.18.